The van der Waals surface area contributed by atoms with Crippen molar-refractivity contribution in [3.8, 4) is 0 Å². The predicted octanol–water partition coefficient (Wildman–Crippen LogP) is 4.78. The SMILES string of the molecule is CC(C)OC(=O)n1c2c(c3c1CC(C(=O)c1ccc(F)c(F)c1)CN3C)C=CC=CC2. The van der Waals surface area contributed by atoms with Crippen molar-refractivity contribution in [2.45, 2.75) is 32.8 Å². The number of rotatable bonds is 3. The highest BCUT2D eigenvalue weighted by Crippen LogP contribution is 2.39. The highest BCUT2D eigenvalue weighted by atomic mass is 19.2. The van der Waals surface area contributed by atoms with Gasteiger partial charge in [-0.2, -0.15) is 0 Å². The Morgan fingerprint density at radius 3 is 2.61 bits per heavy atom. The van der Waals surface area contributed by atoms with Gasteiger partial charge in [-0.05, 0) is 32.0 Å². The summed E-state index contributed by atoms with van der Waals surface area (Å²) in [5.41, 5.74) is 3.46. The van der Waals surface area contributed by atoms with Crippen LogP contribution in [0.1, 0.15) is 41.2 Å². The summed E-state index contributed by atoms with van der Waals surface area (Å²) >= 11 is 0. The molecule has 4 rings (SSSR count). The molecule has 5 nitrogen and oxygen atoms in total. The lowest BCUT2D eigenvalue weighted by atomic mass is 9.89. The van der Waals surface area contributed by atoms with Crippen LogP contribution in [0.5, 0.6) is 0 Å². The normalized spacial score (nSPS) is 17.4. The Morgan fingerprint density at radius 1 is 1.13 bits per heavy atom. The minimum Gasteiger partial charge on any atom is -0.446 e. The Bertz CT molecular complexity index is 1110. The van der Waals surface area contributed by atoms with Crippen molar-refractivity contribution in [2.24, 2.45) is 5.92 Å². The quantitative estimate of drug-likeness (QED) is 0.663. The molecular weight excluding hydrogens is 402 g/mol. The molecule has 1 atom stereocenters. The van der Waals surface area contributed by atoms with Crippen molar-refractivity contribution in [1.82, 2.24) is 4.57 Å². The van der Waals surface area contributed by atoms with Gasteiger partial charge in [0.25, 0.3) is 0 Å². The van der Waals surface area contributed by atoms with E-state index in [1.165, 1.54) is 6.07 Å². The van der Waals surface area contributed by atoms with Crippen molar-refractivity contribution >= 4 is 23.6 Å². The molecule has 0 amide bonds. The van der Waals surface area contributed by atoms with Crippen LogP contribution >= 0.6 is 0 Å². The van der Waals surface area contributed by atoms with E-state index in [4.69, 9.17) is 4.74 Å². The summed E-state index contributed by atoms with van der Waals surface area (Å²) in [6.07, 6.45) is 7.87. The van der Waals surface area contributed by atoms with Crippen LogP contribution in [0.2, 0.25) is 0 Å². The third-order valence-corrected chi connectivity index (χ3v) is 5.61. The summed E-state index contributed by atoms with van der Waals surface area (Å²) < 4.78 is 34.1. The van der Waals surface area contributed by atoms with E-state index in [1.54, 1.807) is 18.4 Å². The Kier molecular flexibility index (Phi) is 5.52. The summed E-state index contributed by atoms with van der Waals surface area (Å²) in [6.45, 7) is 3.98. The first-order chi connectivity index (χ1) is 14.8. The summed E-state index contributed by atoms with van der Waals surface area (Å²) in [5.74, 6) is -2.84. The first-order valence-corrected chi connectivity index (χ1v) is 10.3. The molecule has 1 aromatic heterocycles. The maximum atomic E-state index is 13.7. The number of aromatic nitrogens is 1. The zero-order valence-electron chi connectivity index (χ0n) is 17.7. The van der Waals surface area contributed by atoms with Gasteiger partial charge in [0, 0.05) is 49.2 Å². The number of nitrogens with zero attached hydrogens (tertiary/aromatic N) is 2. The fourth-order valence-electron chi connectivity index (χ4n) is 4.34. The second kappa shape index (κ2) is 8.13. The van der Waals surface area contributed by atoms with E-state index < -0.39 is 23.6 Å². The Balaban J connectivity index is 1.77. The Morgan fingerprint density at radius 2 is 1.90 bits per heavy atom. The zero-order valence-corrected chi connectivity index (χ0v) is 17.7. The number of hydrogen-bond donors (Lipinski definition) is 0. The molecule has 0 radical (unpaired) electrons. The van der Waals surface area contributed by atoms with Crippen LogP contribution in [0.25, 0.3) is 6.08 Å². The molecule has 2 aliphatic rings. The van der Waals surface area contributed by atoms with Gasteiger partial charge in [-0.15, -0.1) is 0 Å². The largest absolute Gasteiger partial charge is 0.446 e. The maximum absolute atomic E-state index is 13.7. The molecule has 162 valence electrons. The number of fused-ring (bicyclic) bond motifs is 3. The van der Waals surface area contributed by atoms with E-state index >= 15 is 0 Å². The van der Waals surface area contributed by atoms with E-state index in [1.807, 2.05) is 36.3 Å². The second-order valence-electron chi connectivity index (χ2n) is 8.19. The number of ketones is 1. The number of ether oxygens (including phenoxy) is 1. The molecule has 0 bridgehead atoms. The molecule has 0 N–H and O–H groups in total. The van der Waals surface area contributed by atoms with Gasteiger partial charge in [0.1, 0.15) is 0 Å². The summed E-state index contributed by atoms with van der Waals surface area (Å²) in [4.78, 5) is 28.1. The van der Waals surface area contributed by atoms with Gasteiger partial charge in [0.2, 0.25) is 0 Å². The zero-order chi connectivity index (χ0) is 22.3. The average Bonchev–Trinajstić information content (AvgIpc) is 2.84. The third kappa shape index (κ3) is 3.80. The number of anilines is 1. The lowest BCUT2D eigenvalue weighted by Crippen LogP contribution is -2.38. The molecule has 0 saturated carbocycles. The van der Waals surface area contributed by atoms with Gasteiger partial charge < -0.3 is 9.64 Å². The van der Waals surface area contributed by atoms with Crippen LogP contribution in [0.15, 0.2) is 36.4 Å². The highest BCUT2D eigenvalue weighted by molar-refractivity contribution is 5.99. The molecular formula is C24H24F2N2O3. The molecule has 1 aliphatic heterocycles. The van der Waals surface area contributed by atoms with E-state index in [9.17, 15) is 18.4 Å². The van der Waals surface area contributed by atoms with Crippen molar-refractivity contribution in [3.63, 3.8) is 0 Å². The van der Waals surface area contributed by atoms with Crippen LogP contribution in [-0.4, -0.2) is 36.1 Å². The molecule has 2 aromatic rings. The molecule has 0 saturated heterocycles. The van der Waals surface area contributed by atoms with Crippen molar-refractivity contribution in [1.29, 1.82) is 0 Å². The molecule has 1 unspecified atom stereocenters. The van der Waals surface area contributed by atoms with E-state index in [-0.39, 0.29) is 17.5 Å². The van der Waals surface area contributed by atoms with Gasteiger partial charge >= 0.3 is 6.09 Å². The lowest BCUT2D eigenvalue weighted by molar-refractivity contribution is 0.0914. The van der Waals surface area contributed by atoms with Crippen LogP contribution in [0.4, 0.5) is 19.3 Å². The summed E-state index contributed by atoms with van der Waals surface area (Å²) in [6, 6.07) is 3.19. The van der Waals surface area contributed by atoms with Gasteiger partial charge in [0.05, 0.1) is 17.5 Å². The fourth-order valence-corrected chi connectivity index (χ4v) is 4.34. The Hall–Kier alpha value is -3.22. The van der Waals surface area contributed by atoms with Gasteiger partial charge in [0.15, 0.2) is 17.4 Å². The van der Waals surface area contributed by atoms with Crippen LogP contribution < -0.4 is 4.90 Å². The smallest absolute Gasteiger partial charge is 0.418 e. The predicted molar refractivity (Wildman–Crippen MR) is 114 cm³/mol. The molecule has 0 fully saturated rings. The van der Waals surface area contributed by atoms with Gasteiger partial charge in [-0.3, -0.25) is 9.36 Å². The van der Waals surface area contributed by atoms with Gasteiger partial charge in [-0.1, -0.05) is 24.3 Å². The summed E-state index contributed by atoms with van der Waals surface area (Å²) in [7, 11) is 1.87. The van der Waals surface area contributed by atoms with Crippen molar-refractivity contribution < 1.29 is 23.1 Å². The molecule has 2 heterocycles. The molecule has 31 heavy (non-hydrogen) atoms. The molecule has 1 aliphatic carbocycles. The minimum absolute atomic E-state index is 0.119. The lowest BCUT2D eigenvalue weighted by Gasteiger charge is -2.32. The number of benzene rings is 1. The molecule has 0 spiro atoms. The molecule has 7 heteroatoms. The van der Waals surface area contributed by atoms with E-state index in [0.717, 1.165) is 29.1 Å². The topological polar surface area (TPSA) is 51.5 Å². The number of Topliss-reactive ketones (excluding diaryl/α,β-unsaturated/α-hetero) is 1. The number of carbonyl (C=O) groups excluding carboxylic acids is 2. The fraction of sp³-hybridized carbons (Fsp3) is 0.333. The maximum Gasteiger partial charge on any atom is 0.418 e. The average molecular weight is 426 g/mol. The first kappa shape index (κ1) is 21.0. The van der Waals surface area contributed by atoms with Crippen LogP contribution in [-0.2, 0) is 17.6 Å². The van der Waals surface area contributed by atoms with Crippen LogP contribution in [0.3, 0.4) is 0 Å². The highest BCUT2D eigenvalue weighted by Gasteiger charge is 2.36. The minimum atomic E-state index is -1.05. The van der Waals surface area contributed by atoms with Crippen molar-refractivity contribution in [3.05, 3.63) is 70.6 Å². The van der Waals surface area contributed by atoms with Gasteiger partial charge in [-0.25, -0.2) is 13.6 Å². The standard InChI is InChI=1S/C24H24F2N2O3/c1-14(2)31-24(30)28-20-8-6-4-5-7-17(20)22-21(28)12-16(13-27(22)3)23(29)15-9-10-18(25)19(26)11-15/h4-7,9-11,14,16H,8,12-13H2,1-3H3. The number of carbonyl (C=O) groups is 2. The Labute approximate surface area is 179 Å². The second-order valence-corrected chi connectivity index (χ2v) is 8.19. The van der Waals surface area contributed by atoms with Crippen LogP contribution in [0, 0.1) is 17.6 Å². The summed E-state index contributed by atoms with van der Waals surface area (Å²) in [5, 5.41) is 0. The number of allylic oxidation sites excluding steroid dienone is 3. The van der Waals surface area contributed by atoms with E-state index in [2.05, 4.69) is 0 Å². The first-order valence-electron chi connectivity index (χ1n) is 10.3. The monoisotopic (exact) mass is 426 g/mol. The third-order valence-electron chi connectivity index (χ3n) is 5.61. The van der Waals surface area contributed by atoms with E-state index in [0.29, 0.717) is 25.1 Å². The number of halogens is 2. The number of hydrogen-bond acceptors (Lipinski definition) is 4. The molecule has 1 aromatic carbocycles. The van der Waals surface area contributed by atoms with Crippen molar-refractivity contribution in [2.75, 3.05) is 18.5 Å².